The van der Waals surface area contributed by atoms with E-state index < -0.39 is 12.1 Å². The van der Waals surface area contributed by atoms with Crippen LogP contribution < -0.4 is 5.73 Å². The molecule has 0 aliphatic rings. The number of carbonyl (C=O) groups excluding carboxylic acids is 1. The lowest BCUT2D eigenvalue weighted by Gasteiger charge is -2.10. The van der Waals surface area contributed by atoms with Crippen molar-refractivity contribution in [3.63, 3.8) is 0 Å². The van der Waals surface area contributed by atoms with E-state index in [-0.39, 0.29) is 18.0 Å². The molecule has 14 heavy (non-hydrogen) atoms. The minimum absolute atomic E-state index is 0.132. The molecule has 1 aromatic heterocycles. The van der Waals surface area contributed by atoms with E-state index in [2.05, 4.69) is 9.72 Å². The van der Waals surface area contributed by atoms with Crippen molar-refractivity contribution in [3.8, 4) is 0 Å². The van der Waals surface area contributed by atoms with Crippen LogP contribution in [0.5, 0.6) is 0 Å². The maximum Gasteiger partial charge on any atom is 0.339 e. The summed E-state index contributed by atoms with van der Waals surface area (Å²) in [6.45, 7) is 1.88. The second-order valence-electron chi connectivity index (χ2n) is 2.63. The van der Waals surface area contributed by atoms with Gasteiger partial charge in [0.05, 0.1) is 6.61 Å². The third-order valence-electron chi connectivity index (χ3n) is 1.68. The first-order valence-electron chi connectivity index (χ1n) is 4.22. The van der Waals surface area contributed by atoms with Gasteiger partial charge >= 0.3 is 5.97 Å². The molecular weight excluding hydrogens is 184 g/mol. The number of hydrogen-bond acceptors (Lipinski definition) is 5. The largest absolute Gasteiger partial charge is 0.464 e. The highest BCUT2D eigenvalue weighted by Gasteiger charge is 2.20. The number of pyridine rings is 1. The van der Waals surface area contributed by atoms with Crippen molar-refractivity contribution in [3.05, 3.63) is 23.9 Å². The van der Waals surface area contributed by atoms with E-state index in [0.717, 1.165) is 0 Å². The Labute approximate surface area is 81.5 Å². The maximum atomic E-state index is 11.1. The standard InChI is InChI=1S/C9H12N2O3/c1-2-14-9(13)7(12)6-4-3-5-11-8(6)10/h3-5,7,12H,2H2,1H3,(H2,10,11). The SMILES string of the molecule is CCOC(=O)C(O)c1cccnc1N. The normalized spacial score (nSPS) is 12.1. The van der Waals surface area contributed by atoms with E-state index in [4.69, 9.17) is 5.73 Å². The minimum Gasteiger partial charge on any atom is -0.464 e. The molecule has 0 radical (unpaired) electrons. The molecule has 1 heterocycles. The molecule has 1 aromatic rings. The number of anilines is 1. The van der Waals surface area contributed by atoms with Crippen LogP contribution in [0.3, 0.4) is 0 Å². The summed E-state index contributed by atoms with van der Waals surface area (Å²) in [4.78, 5) is 14.9. The zero-order chi connectivity index (χ0) is 10.6. The lowest BCUT2D eigenvalue weighted by atomic mass is 10.1. The van der Waals surface area contributed by atoms with Crippen LogP contribution in [0.15, 0.2) is 18.3 Å². The summed E-state index contributed by atoms with van der Waals surface area (Å²) in [6.07, 6.45) is 0.125. The van der Waals surface area contributed by atoms with Crippen LogP contribution in [0.2, 0.25) is 0 Å². The lowest BCUT2D eigenvalue weighted by molar-refractivity contribution is -0.153. The number of carbonyl (C=O) groups is 1. The van der Waals surface area contributed by atoms with Crippen molar-refractivity contribution in [2.24, 2.45) is 0 Å². The van der Waals surface area contributed by atoms with Crippen LogP contribution in [0.1, 0.15) is 18.6 Å². The predicted octanol–water partition coefficient (Wildman–Crippen LogP) is 0.260. The first kappa shape index (κ1) is 10.5. The Morgan fingerprint density at radius 2 is 2.50 bits per heavy atom. The Hall–Kier alpha value is -1.62. The fraction of sp³-hybridized carbons (Fsp3) is 0.333. The van der Waals surface area contributed by atoms with E-state index in [1.165, 1.54) is 12.3 Å². The van der Waals surface area contributed by atoms with Crippen molar-refractivity contribution in [1.82, 2.24) is 4.98 Å². The summed E-state index contributed by atoms with van der Waals surface area (Å²) in [6, 6.07) is 3.12. The molecule has 0 aliphatic heterocycles. The Morgan fingerprint density at radius 1 is 1.79 bits per heavy atom. The molecule has 76 valence electrons. The van der Waals surface area contributed by atoms with Crippen molar-refractivity contribution < 1.29 is 14.6 Å². The molecule has 0 aliphatic carbocycles. The number of aliphatic hydroxyl groups is 1. The molecule has 0 fully saturated rings. The molecule has 0 saturated heterocycles. The predicted molar refractivity (Wildman–Crippen MR) is 50.2 cm³/mol. The summed E-state index contributed by atoms with van der Waals surface area (Å²) in [5.41, 5.74) is 5.75. The number of nitrogens with zero attached hydrogens (tertiary/aromatic N) is 1. The van der Waals surface area contributed by atoms with Crippen molar-refractivity contribution >= 4 is 11.8 Å². The summed E-state index contributed by atoms with van der Waals surface area (Å²) in [5.74, 6) is -0.583. The van der Waals surface area contributed by atoms with Crippen LogP contribution in [-0.4, -0.2) is 22.7 Å². The molecule has 1 rings (SSSR count). The van der Waals surface area contributed by atoms with Crippen molar-refractivity contribution in [2.75, 3.05) is 12.3 Å². The van der Waals surface area contributed by atoms with Gasteiger partial charge in [0.1, 0.15) is 5.82 Å². The van der Waals surface area contributed by atoms with Gasteiger partial charge in [0.25, 0.3) is 0 Å². The molecular formula is C9H12N2O3. The zero-order valence-corrected chi connectivity index (χ0v) is 7.80. The summed E-state index contributed by atoms with van der Waals surface area (Å²) in [7, 11) is 0. The first-order chi connectivity index (χ1) is 6.66. The Balaban J connectivity index is 2.84. The highest BCUT2D eigenvalue weighted by molar-refractivity contribution is 5.77. The van der Waals surface area contributed by atoms with Crippen LogP contribution in [0.4, 0.5) is 5.82 Å². The Kier molecular flexibility index (Phi) is 3.41. The van der Waals surface area contributed by atoms with Gasteiger partial charge in [-0.1, -0.05) is 6.07 Å². The number of aromatic nitrogens is 1. The number of nitrogen functional groups attached to an aromatic ring is 1. The van der Waals surface area contributed by atoms with Crippen molar-refractivity contribution in [2.45, 2.75) is 13.0 Å². The van der Waals surface area contributed by atoms with Gasteiger partial charge in [-0.05, 0) is 13.0 Å². The fourth-order valence-electron chi connectivity index (χ4n) is 1.01. The monoisotopic (exact) mass is 196 g/mol. The number of aliphatic hydroxyl groups excluding tert-OH is 1. The third-order valence-corrected chi connectivity index (χ3v) is 1.68. The molecule has 0 amide bonds. The molecule has 5 heteroatoms. The average Bonchev–Trinajstić information content (AvgIpc) is 2.18. The van der Waals surface area contributed by atoms with E-state index in [9.17, 15) is 9.90 Å². The molecule has 3 N–H and O–H groups in total. The van der Waals surface area contributed by atoms with E-state index in [0.29, 0.717) is 0 Å². The van der Waals surface area contributed by atoms with E-state index >= 15 is 0 Å². The number of nitrogens with two attached hydrogens (primary N) is 1. The summed E-state index contributed by atoms with van der Waals surface area (Å²) < 4.78 is 4.64. The Morgan fingerprint density at radius 3 is 3.07 bits per heavy atom. The van der Waals surface area contributed by atoms with Gasteiger partial charge in [-0.25, -0.2) is 9.78 Å². The van der Waals surface area contributed by atoms with Gasteiger partial charge < -0.3 is 15.6 Å². The third kappa shape index (κ3) is 2.20. The minimum atomic E-state index is -1.36. The van der Waals surface area contributed by atoms with E-state index in [1.54, 1.807) is 13.0 Å². The van der Waals surface area contributed by atoms with Crippen LogP contribution in [0.25, 0.3) is 0 Å². The van der Waals surface area contributed by atoms with Gasteiger partial charge in [-0.3, -0.25) is 0 Å². The second-order valence-corrected chi connectivity index (χ2v) is 2.63. The molecule has 5 nitrogen and oxygen atoms in total. The van der Waals surface area contributed by atoms with Crippen LogP contribution in [0, 0.1) is 0 Å². The van der Waals surface area contributed by atoms with Crippen LogP contribution >= 0.6 is 0 Å². The van der Waals surface area contributed by atoms with Gasteiger partial charge in [0.2, 0.25) is 0 Å². The summed E-state index contributed by atoms with van der Waals surface area (Å²) >= 11 is 0. The maximum absolute atomic E-state index is 11.1. The number of ether oxygens (including phenoxy) is 1. The highest BCUT2D eigenvalue weighted by atomic mass is 16.5. The molecule has 1 atom stereocenters. The smallest absolute Gasteiger partial charge is 0.339 e. The fourth-order valence-corrected chi connectivity index (χ4v) is 1.01. The molecule has 0 aromatic carbocycles. The highest BCUT2D eigenvalue weighted by Crippen LogP contribution is 2.18. The van der Waals surface area contributed by atoms with Gasteiger partial charge in [-0.2, -0.15) is 0 Å². The van der Waals surface area contributed by atoms with Gasteiger partial charge in [0, 0.05) is 11.8 Å². The molecule has 0 saturated carbocycles. The summed E-state index contributed by atoms with van der Waals surface area (Å²) in [5, 5.41) is 9.51. The molecule has 0 bridgehead atoms. The second kappa shape index (κ2) is 4.57. The molecule has 1 unspecified atom stereocenters. The quantitative estimate of drug-likeness (QED) is 0.677. The number of esters is 1. The average molecular weight is 196 g/mol. The number of rotatable bonds is 3. The topological polar surface area (TPSA) is 85.4 Å². The van der Waals surface area contributed by atoms with Crippen LogP contribution in [-0.2, 0) is 9.53 Å². The van der Waals surface area contributed by atoms with Gasteiger partial charge in [-0.15, -0.1) is 0 Å². The van der Waals surface area contributed by atoms with Gasteiger partial charge in [0.15, 0.2) is 6.10 Å². The van der Waals surface area contributed by atoms with E-state index in [1.807, 2.05) is 0 Å². The number of hydrogen-bond donors (Lipinski definition) is 2. The zero-order valence-electron chi connectivity index (χ0n) is 7.80. The lowest BCUT2D eigenvalue weighted by Crippen LogP contribution is -2.17. The molecule has 0 spiro atoms. The van der Waals surface area contributed by atoms with Crippen molar-refractivity contribution in [1.29, 1.82) is 0 Å². The Bertz CT molecular complexity index is 328. The first-order valence-corrected chi connectivity index (χ1v) is 4.22.